The van der Waals surface area contributed by atoms with Gasteiger partial charge in [-0.05, 0) is 60.2 Å². The lowest BCUT2D eigenvalue weighted by atomic mass is 10.0. The minimum atomic E-state index is -1.57. The van der Waals surface area contributed by atoms with Gasteiger partial charge >= 0.3 is 6.09 Å². The topological polar surface area (TPSA) is 248 Å². The van der Waals surface area contributed by atoms with Crippen LogP contribution in [-0.2, 0) is 43.5 Å². The van der Waals surface area contributed by atoms with E-state index in [0.717, 1.165) is 55.6 Å². The van der Waals surface area contributed by atoms with Gasteiger partial charge in [0.25, 0.3) is 0 Å². The fraction of sp³-hybridized carbons (Fsp3) is 0.543. The number of anilines is 3. The molecule has 2 saturated heterocycles. The number of carbonyl (C=O) groups excluding carboxylic acids is 3. The number of aliphatic hydroxyl groups excluding tert-OH is 3. The van der Waals surface area contributed by atoms with Gasteiger partial charge in [0.05, 0.1) is 24.4 Å². The fourth-order valence-electron chi connectivity index (χ4n) is 7.67. The Hall–Kier alpha value is -5.57. The van der Waals surface area contributed by atoms with Crippen molar-refractivity contribution in [3.8, 4) is 5.75 Å². The molecule has 19 heteroatoms. The molecule has 354 valence electrons. The predicted molar refractivity (Wildman–Crippen MR) is 244 cm³/mol. The van der Waals surface area contributed by atoms with Crippen molar-refractivity contribution < 1.29 is 48.7 Å². The number of nitrogens with zero attached hydrogens (tertiary/aromatic N) is 5. The number of unbranched alkanes of at least 4 members (excludes halogenated alkanes) is 2. The van der Waals surface area contributed by atoms with E-state index in [1.165, 1.54) is 22.8 Å². The Morgan fingerprint density at radius 3 is 2.45 bits per heavy atom. The highest BCUT2D eigenvalue weighted by atomic mass is 16.7. The molecule has 0 spiro atoms. The van der Waals surface area contributed by atoms with E-state index in [9.17, 15) is 29.7 Å². The number of hydrogen-bond donors (Lipinski definition) is 7. The second kappa shape index (κ2) is 24.1. The van der Waals surface area contributed by atoms with E-state index in [2.05, 4.69) is 67.4 Å². The molecule has 2 aliphatic heterocycles. The van der Waals surface area contributed by atoms with Crippen LogP contribution in [0.1, 0.15) is 74.6 Å². The monoisotopic (exact) mass is 903 g/mol. The second-order valence-electron chi connectivity index (χ2n) is 16.5. The van der Waals surface area contributed by atoms with Crippen molar-refractivity contribution in [1.82, 2.24) is 29.7 Å². The van der Waals surface area contributed by atoms with Gasteiger partial charge in [-0.2, -0.15) is 4.98 Å². The zero-order chi connectivity index (χ0) is 46.3. The Balaban J connectivity index is 1.000. The molecule has 4 heterocycles. The Kier molecular flexibility index (Phi) is 18.1. The van der Waals surface area contributed by atoms with Crippen LogP contribution in [0.4, 0.5) is 22.2 Å². The first kappa shape index (κ1) is 48.9. The van der Waals surface area contributed by atoms with Crippen molar-refractivity contribution in [1.29, 1.82) is 0 Å². The Labute approximate surface area is 379 Å². The zero-order valence-corrected chi connectivity index (χ0v) is 37.7. The van der Waals surface area contributed by atoms with Crippen molar-refractivity contribution in [3.05, 3.63) is 70.9 Å². The molecular weight excluding hydrogens is 839 g/mol. The third-order valence-electron chi connectivity index (χ3n) is 11.4. The minimum absolute atomic E-state index is 0.0541. The fourth-order valence-corrected chi connectivity index (χ4v) is 7.67. The van der Waals surface area contributed by atoms with Gasteiger partial charge in [0, 0.05) is 78.0 Å². The minimum Gasteiger partial charge on any atom is -0.460 e. The number of fused-ring (bicyclic) bond motifs is 1. The number of amides is 3. The normalized spacial score (nSPS) is 19.0. The van der Waals surface area contributed by atoms with Gasteiger partial charge in [-0.3, -0.25) is 14.5 Å². The molecule has 0 unspecified atom stereocenters. The molecule has 2 aliphatic rings. The van der Waals surface area contributed by atoms with Gasteiger partial charge in [-0.1, -0.05) is 51.0 Å². The Morgan fingerprint density at radius 1 is 0.877 bits per heavy atom. The molecule has 3 amide bonds. The summed E-state index contributed by atoms with van der Waals surface area (Å²) < 4.78 is 24.5. The number of aliphatic hydroxyl groups is 3. The summed E-state index contributed by atoms with van der Waals surface area (Å²) in [5.41, 5.74) is 12.0. The Morgan fingerprint density at radius 2 is 1.68 bits per heavy atom. The first-order valence-electron chi connectivity index (χ1n) is 22.6. The lowest BCUT2D eigenvalue weighted by Crippen LogP contribution is -2.54. The molecule has 65 heavy (non-hydrogen) atoms. The van der Waals surface area contributed by atoms with E-state index in [0.29, 0.717) is 44.9 Å². The number of rotatable bonds is 22. The van der Waals surface area contributed by atoms with Gasteiger partial charge in [-0.25, -0.2) is 9.78 Å². The van der Waals surface area contributed by atoms with E-state index < -0.39 is 36.6 Å². The second-order valence-corrected chi connectivity index (χ2v) is 16.5. The number of nitrogens with one attached hydrogen (secondary N) is 3. The van der Waals surface area contributed by atoms with Crippen molar-refractivity contribution in [2.24, 2.45) is 0 Å². The third kappa shape index (κ3) is 14.0. The lowest BCUT2D eigenvalue weighted by molar-refractivity contribution is -0.241. The van der Waals surface area contributed by atoms with Crippen LogP contribution in [0.5, 0.6) is 5.75 Å². The molecule has 2 aromatic carbocycles. The summed E-state index contributed by atoms with van der Waals surface area (Å²) in [7, 11) is 0. The van der Waals surface area contributed by atoms with Gasteiger partial charge in [0.2, 0.25) is 24.1 Å². The van der Waals surface area contributed by atoms with Crippen LogP contribution in [0.25, 0.3) is 11.0 Å². The molecular formula is C46H65N9O10. The average molecular weight is 904 g/mol. The maximum atomic E-state index is 13.2. The molecule has 2 aromatic heterocycles. The maximum absolute atomic E-state index is 13.2. The molecule has 2 fully saturated rings. The van der Waals surface area contributed by atoms with E-state index in [1.54, 1.807) is 17.0 Å². The quantitative estimate of drug-likeness (QED) is 0.0558. The average Bonchev–Trinajstić information content (AvgIpc) is 3.69. The molecule has 19 nitrogen and oxygen atoms in total. The number of ether oxygens (including phenoxy) is 4. The molecule has 0 saturated carbocycles. The number of aromatic nitrogens is 3. The van der Waals surface area contributed by atoms with Gasteiger partial charge in [0.15, 0.2) is 5.82 Å². The summed E-state index contributed by atoms with van der Waals surface area (Å²) in [6.45, 7) is 11.4. The van der Waals surface area contributed by atoms with Crippen LogP contribution in [0.2, 0.25) is 0 Å². The number of hydrogen-bond acceptors (Lipinski definition) is 15. The standard InChI is InChI=1S/C46H65N9O10/c1-4-6-7-15-49-43-40-34(51-45(47)52-43)13-17-55(40)27-33-10-8-31(24-30(33)3)26-53-18-20-54(21-19-53)46(61)64-28-32-9-11-37(65-44-42(60)41(59)36(56)29-63-44)35(25-32)50-39(58)12-16-48-38(57)14-23-62-22-5-2/h8-11,13,17,24-25,36,41-42,44,56,59-60H,4-7,12,14-16,18-23,26-29H2,1-3H3,(H,48,57)(H,50,58)(H3,47,49,51,52)/t36-,41+,42-,44+/m1/s1. The van der Waals surface area contributed by atoms with Crippen LogP contribution < -0.4 is 26.4 Å². The van der Waals surface area contributed by atoms with Gasteiger partial charge in [0.1, 0.15) is 36.2 Å². The first-order valence-corrected chi connectivity index (χ1v) is 22.6. The number of nitrogens with two attached hydrogens (primary N) is 1. The van der Waals surface area contributed by atoms with E-state index in [1.807, 2.05) is 19.2 Å². The van der Waals surface area contributed by atoms with E-state index in [4.69, 9.17) is 24.7 Å². The number of nitrogen functional groups attached to an aromatic ring is 1. The summed E-state index contributed by atoms with van der Waals surface area (Å²) in [5.74, 6) is 0.423. The largest absolute Gasteiger partial charge is 0.460 e. The predicted octanol–water partition coefficient (Wildman–Crippen LogP) is 3.51. The van der Waals surface area contributed by atoms with E-state index >= 15 is 0 Å². The number of aryl methyl sites for hydroxylation is 1. The van der Waals surface area contributed by atoms with Crippen LogP contribution in [-0.4, -0.2) is 141 Å². The van der Waals surface area contributed by atoms with Crippen LogP contribution >= 0.6 is 0 Å². The van der Waals surface area contributed by atoms with Crippen LogP contribution in [0.3, 0.4) is 0 Å². The summed E-state index contributed by atoms with van der Waals surface area (Å²) in [6, 6.07) is 13.2. The first-order chi connectivity index (χ1) is 31.4. The Bertz CT molecular complexity index is 2200. The molecule has 0 aliphatic carbocycles. The summed E-state index contributed by atoms with van der Waals surface area (Å²) in [5, 5.41) is 39.4. The smallest absolute Gasteiger partial charge is 0.410 e. The van der Waals surface area contributed by atoms with E-state index in [-0.39, 0.29) is 62.5 Å². The molecule has 6 rings (SSSR count). The molecule has 4 atom stereocenters. The molecule has 4 aromatic rings. The number of carbonyl (C=O) groups is 3. The maximum Gasteiger partial charge on any atom is 0.410 e. The SMILES string of the molecule is CCCCCNc1nc(N)nc2ccn(Cc3ccc(CN4CCN(C(=O)OCc5ccc(O[C@@H]6OC[C@@H](O)[C@H](O)[C@H]6O)c(NC(=O)CCNC(=O)CCOCCC)c5)CC4)cc3C)c12. The molecule has 0 bridgehead atoms. The van der Waals surface area contributed by atoms with Crippen LogP contribution in [0.15, 0.2) is 48.7 Å². The number of benzene rings is 2. The lowest BCUT2D eigenvalue weighted by Gasteiger charge is -2.35. The summed E-state index contributed by atoms with van der Waals surface area (Å²) >= 11 is 0. The zero-order valence-electron chi connectivity index (χ0n) is 37.7. The highest BCUT2D eigenvalue weighted by Gasteiger charge is 2.39. The highest BCUT2D eigenvalue weighted by Crippen LogP contribution is 2.30. The van der Waals surface area contributed by atoms with Crippen molar-refractivity contribution in [2.45, 2.75) is 104 Å². The highest BCUT2D eigenvalue weighted by molar-refractivity contribution is 5.93. The van der Waals surface area contributed by atoms with Crippen molar-refractivity contribution in [3.63, 3.8) is 0 Å². The van der Waals surface area contributed by atoms with Gasteiger partial charge < -0.3 is 65.4 Å². The third-order valence-corrected chi connectivity index (χ3v) is 11.4. The summed E-state index contributed by atoms with van der Waals surface area (Å²) in [4.78, 5) is 51.4. The number of piperazine rings is 1. The summed E-state index contributed by atoms with van der Waals surface area (Å²) in [6.07, 6.45) is 0.153. The van der Waals surface area contributed by atoms with Gasteiger partial charge in [-0.15, -0.1) is 0 Å². The van der Waals surface area contributed by atoms with Crippen LogP contribution in [0, 0.1) is 6.92 Å². The van der Waals surface area contributed by atoms with Crippen molar-refractivity contribution in [2.75, 3.05) is 75.5 Å². The molecule has 0 radical (unpaired) electrons. The van der Waals surface area contributed by atoms with Crippen molar-refractivity contribution >= 4 is 46.4 Å². The molecule has 8 N–H and O–H groups in total.